The molecule has 1 unspecified atom stereocenters. The van der Waals surface area contributed by atoms with Crippen LogP contribution in [-0.2, 0) is 0 Å². The van der Waals surface area contributed by atoms with Crippen LogP contribution >= 0.6 is 0 Å². The highest BCUT2D eigenvalue weighted by Crippen LogP contribution is 2.40. The number of aromatic nitrogens is 1. The van der Waals surface area contributed by atoms with Crippen molar-refractivity contribution < 1.29 is 4.99 Å². The first-order valence-corrected chi connectivity index (χ1v) is 20.6. The van der Waals surface area contributed by atoms with Gasteiger partial charge in [0.25, 0.3) is 12.0 Å². The quantitative estimate of drug-likeness (QED) is 0.167. The third-order valence-electron chi connectivity index (χ3n) is 11.8. The number of hydrogen-bond donors (Lipinski definition) is 2. The maximum absolute atomic E-state index is 5.18. The van der Waals surface area contributed by atoms with Crippen molar-refractivity contribution in [2.75, 3.05) is 0 Å². The van der Waals surface area contributed by atoms with Crippen LogP contribution in [0.1, 0.15) is 28.4 Å². The van der Waals surface area contributed by atoms with Gasteiger partial charge in [0.1, 0.15) is 0 Å². The molecule has 0 spiro atoms. The lowest BCUT2D eigenvalue weighted by molar-refractivity contribution is -0.321. The molecular weight excluding hydrogens is 729 g/mol. The van der Waals surface area contributed by atoms with Gasteiger partial charge in [-0.05, 0) is 99.6 Å². The molecule has 4 nitrogen and oxygen atoms in total. The van der Waals surface area contributed by atoms with Crippen molar-refractivity contribution in [2.24, 2.45) is 4.99 Å². The number of nitrogens with one attached hydrogen (secondary N) is 2. The average Bonchev–Trinajstić information content (AvgIpc) is 3.66. The van der Waals surface area contributed by atoms with E-state index in [1.807, 2.05) is 12.1 Å². The molecule has 0 saturated heterocycles. The number of aryl methyl sites for hydroxylation is 1. The lowest BCUT2D eigenvalue weighted by Gasteiger charge is -2.18. The van der Waals surface area contributed by atoms with Crippen LogP contribution in [0.2, 0.25) is 0 Å². The molecule has 0 bridgehead atoms. The number of aliphatic imine (C=N–C) groups is 1. The van der Waals surface area contributed by atoms with E-state index in [-0.39, 0.29) is 6.17 Å². The highest BCUT2D eigenvalue weighted by molar-refractivity contribution is 6.10. The van der Waals surface area contributed by atoms with Crippen molar-refractivity contribution in [1.82, 2.24) is 9.88 Å². The second-order valence-corrected chi connectivity index (χ2v) is 15.6. The minimum absolute atomic E-state index is 0.246. The molecule has 11 rings (SSSR count). The van der Waals surface area contributed by atoms with Gasteiger partial charge in [0.2, 0.25) is 5.84 Å². The van der Waals surface area contributed by atoms with Gasteiger partial charge in [-0.25, -0.2) is 4.99 Å². The van der Waals surface area contributed by atoms with Crippen LogP contribution in [0.25, 0.3) is 71.6 Å². The van der Waals surface area contributed by atoms with E-state index in [4.69, 9.17) is 4.99 Å². The Balaban J connectivity index is 0.975. The third-order valence-corrected chi connectivity index (χ3v) is 11.8. The smallest absolute Gasteiger partial charge is 0.266 e. The fourth-order valence-electron chi connectivity index (χ4n) is 8.81. The van der Waals surface area contributed by atoms with Gasteiger partial charge in [-0.1, -0.05) is 174 Å². The first kappa shape index (κ1) is 35.4. The summed E-state index contributed by atoms with van der Waals surface area (Å²) >= 11 is 0. The van der Waals surface area contributed by atoms with Gasteiger partial charge in [-0.15, -0.1) is 0 Å². The zero-order valence-corrected chi connectivity index (χ0v) is 33.2. The lowest BCUT2D eigenvalue weighted by atomic mass is 9.88. The number of rotatable bonds is 7. The lowest BCUT2D eigenvalue weighted by Crippen LogP contribution is -2.82. The van der Waals surface area contributed by atoms with Crippen molar-refractivity contribution in [3.8, 4) is 39.1 Å². The molecular formula is C56H41N4+. The molecule has 0 radical (unpaired) electrons. The maximum atomic E-state index is 5.18. The summed E-state index contributed by atoms with van der Waals surface area (Å²) in [6.07, 6.45) is -0.246. The first-order chi connectivity index (χ1) is 29.6. The largest absolute Gasteiger partial charge is 0.309 e. The summed E-state index contributed by atoms with van der Waals surface area (Å²) in [5.41, 5.74) is 15.1. The highest BCUT2D eigenvalue weighted by Gasteiger charge is 2.28. The summed E-state index contributed by atoms with van der Waals surface area (Å²) in [5.74, 6) is 1.75. The van der Waals surface area contributed by atoms with Gasteiger partial charge in [0.05, 0.1) is 16.6 Å². The molecule has 9 aromatic carbocycles. The van der Waals surface area contributed by atoms with Gasteiger partial charge in [0, 0.05) is 27.6 Å². The third kappa shape index (κ3) is 6.36. The van der Waals surface area contributed by atoms with Gasteiger partial charge in [-0.3, -0.25) is 5.32 Å². The summed E-state index contributed by atoms with van der Waals surface area (Å²) in [7, 11) is 0. The molecule has 1 atom stereocenters. The Kier molecular flexibility index (Phi) is 8.75. The zero-order valence-electron chi connectivity index (χ0n) is 33.2. The highest BCUT2D eigenvalue weighted by atomic mass is 15.2. The second kappa shape index (κ2) is 14.8. The Morgan fingerprint density at radius 2 is 1.02 bits per heavy atom. The Labute approximate surface area is 349 Å². The van der Waals surface area contributed by atoms with E-state index in [9.17, 15) is 0 Å². The van der Waals surface area contributed by atoms with Crippen LogP contribution < -0.4 is 10.3 Å². The molecule has 0 fully saturated rings. The molecule has 2 heterocycles. The van der Waals surface area contributed by atoms with E-state index in [0.717, 1.165) is 39.6 Å². The zero-order chi connectivity index (χ0) is 40.0. The molecule has 0 amide bonds. The summed E-state index contributed by atoms with van der Waals surface area (Å²) in [6.45, 7) is 2.17. The van der Waals surface area contributed by atoms with Gasteiger partial charge < -0.3 is 4.57 Å². The van der Waals surface area contributed by atoms with Gasteiger partial charge >= 0.3 is 0 Å². The Hall–Kier alpha value is -7.82. The second-order valence-electron chi connectivity index (χ2n) is 15.6. The number of nitrogens with zero attached hydrogens (tertiary/aromatic N) is 2. The van der Waals surface area contributed by atoms with E-state index in [2.05, 4.69) is 222 Å². The van der Waals surface area contributed by atoms with Gasteiger partial charge in [-0.2, -0.15) is 0 Å². The minimum Gasteiger partial charge on any atom is -0.309 e. The Morgan fingerprint density at radius 1 is 0.467 bits per heavy atom. The fourth-order valence-corrected chi connectivity index (χ4v) is 8.81. The van der Waals surface area contributed by atoms with Crippen LogP contribution in [0.3, 0.4) is 0 Å². The van der Waals surface area contributed by atoms with Crippen LogP contribution in [0.5, 0.6) is 0 Å². The molecule has 60 heavy (non-hydrogen) atoms. The predicted molar refractivity (Wildman–Crippen MR) is 250 cm³/mol. The standard InChI is InChI=1S/C56H40N4/c1-37-20-21-41-32-35-47(40-30-33-46(34-31-40)60-51-18-10-8-16-48(51)49-17-9-11-19-52(49)60)53(50(41)36-37)42-24-28-45(29-25-42)56-58-54(43-14-6-3-7-15-43)57-55(59-56)44-26-22-39(23-27-44)38-12-4-2-5-13-38/h2-36,54H,1H3,(H,57,58,59)/p+1. The minimum atomic E-state index is -0.246. The number of para-hydroxylation sites is 2. The molecule has 1 aliphatic rings. The van der Waals surface area contributed by atoms with Crippen molar-refractivity contribution in [3.63, 3.8) is 0 Å². The molecule has 0 aliphatic carbocycles. The Morgan fingerprint density at radius 3 is 1.72 bits per heavy atom. The van der Waals surface area contributed by atoms with Crippen LogP contribution in [0.15, 0.2) is 217 Å². The van der Waals surface area contributed by atoms with Crippen molar-refractivity contribution in [1.29, 1.82) is 0 Å². The van der Waals surface area contributed by atoms with Crippen LogP contribution in [-0.4, -0.2) is 16.2 Å². The Bertz CT molecular complexity index is 3200. The predicted octanol–water partition coefficient (Wildman–Crippen LogP) is 11.8. The van der Waals surface area contributed by atoms with Crippen molar-refractivity contribution in [3.05, 3.63) is 235 Å². The van der Waals surface area contributed by atoms with E-state index in [1.165, 1.54) is 66.0 Å². The molecule has 4 heteroatoms. The van der Waals surface area contributed by atoms with E-state index >= 15 is 0 Å². The van der Waals surface area contributed by atoms with Gasteiger partial charge in [0.15, 0.2) is 0 Å². The number of benzene rings is 9. The molecule has 10 aromatic rings. The maximum Gasteiger partial charge on any atom is 0.266 e. The fraction of sp³-hybridized carbons (Fsp3) is 0.0357. The van der Waals surface area contributed by atoms with E-state index < -0.39 is 0 Å². The van der Waals surface area contributed by atoms with E-state index in [0.29, 0.717) is 0 Å². The summed E-state index contributed by atoms with van der Waals surface area (Å²) in [6, 6.07) is 76.3. The molecule has 1 aliphatic heterocycles. The van der Waals surface area contributed by atoms with Crippen LogP contribution in [0, 0.1) is 6.92 Å². The topological polar surface area (TPSA) is 43.3 Å². The molecule has 2 N–H and O–H groups in total. The normalized spacial score (nSPS) is 13.9. The molecule has 284 valence electrons. The van der Waals surface area contributed by atoms with Crippen molar-refractivity contribution in [2.45, 2.75) is 13.1 Å². The summed E-state index contributed by atoms with van der Waals surface area (Å²) < 4.78 is 2.38. The molecule has 0 saturated carbocycles. The summed E-state index contributed by atoms with van der Waals surface area (Å²) in [4.78, 5) is 8.85. The number of fused-ring (bicyclic) bond motifs is 4. The summed E-state index contributed by atoms with van der Waals surface area (Å²) in [5, 5.41) is 8.71. The van der Waals surface area contributed by atoms with Crippen molar-refractivity contribution >= 4 is 44.2 Å². The monoisotopic (exact) mass is 769 g/mol. The molecule has 1 aromatic heterocycles. The van der Waals surface area contributed by atoms with Crippen LogP contribution in [0.4, 0.5) is 0 Å². The first-order valence-electron chi connectivity index (χ1n) is 20.6. The number of amidine groups is 2. The van der Waals surface area contributed by atoms with E-state index in [1.54, 1.807) is 0 Å². The number of hydrogen-bond acceptors (Lipinski definition) is 2. The average molecular weight is 770 g/mol. The SMILES string of the molecule is Cc1ccc2ccc(-c3ccc(-n4c5ccccc5c5ccccc54)cc3)c(-c3ccc(C4=[NH+]C(c5ccc(-c6ccccc6)cc5)=NC(c5ccccc5)N4)cc3)c2c1.